The van der Waals surface area contributed by atoms with Gasteiger partial charge in [0.2, 0.25) is 5.91 Å². The van der Waals surface area contributed by atoms with E-state index in [1.165, 1.54) is 0 Å². The van der Waals surface area contributed by atoms with Gasteiger partial charge in [-0.15, -0.1) is 0 Å². The van der Waals surface area contributed by atoms with Gasteiger partial charge in [0.1, 0.15) is 0 Å². The Kier molecular flexibility index (Phi) is 6.20. The standard InChI is InChI=1S/C19H23ClN2O/c1-14(17-11-7-8-12-18(17)20)21-15(2)19(23)22(3)13-16-9-5-4-6-10-16/h4-12,14-15,21H,13H2,1-3H3. The van der Waals surface area contributed by atoms with E-state index in [0.717, 1.165) is 11.1 Å². The molecular weight excluding hydrogens is 308 g/mol. The largest absolute Gasteiger partial charge is 0.340 e. The van der Waals surface area contributed by atoms with Crippen molar-refractivity contribution < 1.29 is 4.79 Å². The molecule has 2 atom stereocenters. The van der Waals surface area contributed by atoms with Crippen LogP contribution in [0, 0.1) is 0 Å². The van der Waals surface area contributed by atoms with Crippen molar-refractivity contribution in [1.29, 1.82) is 0 Å². The number of likely N-dealkylation sites (N-methyl/N-ethyl adjacent to an activating group) is 1. The number of amides is 1. The van der Waals surface area contributed by atoms with Gasteiger partial charge >= 0.3 is 0 Å². The van der Waals surface area contributed by atoms with Gasteiger partial charge in [-0.3, -0.25) is 10.1 Å². The minimum atomic E-state index is -0.282. The van der Waals surface area contributed by atoms with E-state index in [4.69, 9.17) is 11.6 Å². The fourth-order valence-corrected chi connectivity index (χ4v) is 2.93. The van der Waals surface area contributed by atoms with E-state index in [0.29, 0.717) is 11.6 Å². The number of benzene rings is 2. The summed E-state index contributed by atoms with van der Waals surface area (Å²) in [5, 5.41) is 4.04. The number of nitrogens with zero attached hydrogens (tertiary/aromatic N) is 1. The van der Waals surface area contributed by atoms with Crippen molar-refractivity contribution in [2.45, 2.75) is 32.5 Å². The summed E-state index contributed by atoms with van der Waals surface area (Å²) in [4.78, 5) is 14.3. The van der Waals surface area contributed by atoms with Gasteiger partial charge in [-0.25, -0.2) is 0 Å². The molecule has 0 aliphatic heterocycles. The molecule has 0 aliphatic carbocycles. The fourth-order valence-electron chi connectivity index (χ4n) is 2.63. The molecule has 0 radical (unpaired) electrons. The first kappa shape index (κ1) is 17.5. The summed E-state index contributed by atoms with van der Waals surface area (Å²) in [6.07, 6.45) is 0. The fraction of sp³-hybridized carbons (Fsp3) is 0.316. The summed E-state index contributed by atoms with van der Waals surface area (Å²) in [5.41, 5.74) is 2.12. The third kappa shape index (κ3) is 4.81. The van der Waals surface area contributed by atoms with Gasteiger partial charge in [0.25, 0.3) is 0 Å². The van der Waals surface area contributed by atoms with Crippen LogP contribution in [0.5, 0.6) is 0 Å². The van der Waals surface area contributed by atoms with Crippen molar-refractivity contribution in [2.75, 3.05) is 7.05 Å². The van der Waals surface area contributed by atoms with Crippen LogP contribution in [-0.2, 0) is 11.3 Å². The minimum Gasteiger partial charge on any atom is -0.340 e. The highest BCUT2D eigenvalue weighted by Crippen LogP contribution is 2.22. The van der Waals surface area contributed by atoms with Crippen LogP contribution in [0.4, 0.5) is 0 Å². The van der Waals surface area contributed by atoms with Crippen molar-refractivity contribution in [1.82, 2.24) is 10.2 Å². The number of halogens is 1. The Bertz CT molecular complexity index is 645. The summed E-state index contributed by atoms with van der Waals surface area (Å²) in [6, 6.07) is 17.4. The molecule has 0 saturated heterocycles. The van der Waals surface area contributed by atoms with Gasteiger partial charge in [-0.1, -0.05) is 60.1 Å². The molecule has 0 spiro atoms. The van der Waals surface area contributed by atoms with Gasteiger partial charge in [-0.05, 0) is 31.0 Å². The molecule has 2 aromatic rings. The van der Waals surface area contributed by atoms with Gasteiger partial charge in [0.05, 0.1) is 6.04 Å². The summed E-state index contributed by atoms with van der Waals surface area (Å²) < 4.78 is 0. The monoisotopic (exact) mass is 330 g/mol. The highest BCUT2D eigenvalue weighted by atomic mass is 35.5. The zero-order chi connectivity index (χ0) is 16.8. The predicted octanol–water partition coefficient (Wildman–Crippen LogP) is 4.04. The third-order valence-electron chi connectivity index (χ3n) is 3.88. The Morgan fingerprint density at radius 3 is 2.35 bits per heavy atom. The van der Waals surface area contributed by atoms with Crippen LogP contribution in [0.3, 0.4) is 0 Å². The van der Waals surface area contributed by atoms with Crippen molar-refractivity contribution in [3.05, 3.63) is 70.7 Å². The topological polar surface area (TPSA) is 32.3 Å². The number of nitrogens with one attached hydrogen (secondary N) is 1. The molecule has 2 rings (SSSR count). The number of hydrogen-bond acceptors (Lipinski definition) is 2. The molecule has 2 unspecified atom stereocenters. The van der Waals surface area contributed by atoms with E-state index in [1.54, 1.807) is 4.90 Å². The first-order valence-electron chi connectivity index (χ1n) is 7.78. The Labute approximate surface area is 143 Å². The quantitative estimate of drug-likeness (QED) is 0.867. The molecule has 0 fully saturated rings. The molecule has 2 aromatic carbocycles. The summed E-state index contributed by atoms with van der Waals surface area (Å²) >= 11 is 6.22. The highest BCUT2D eigenvalue weighted by molar-refractivity contribution is 6.31. The number of carbonyl (C=O) groups excluding carboxylic acids is 1. The molecule has 0 heterocycles. The molecule has 23 heavy (non-hydrogen) atoms. The van der Waals surface area contributed by atoms with E-state index >= 15 is 0 Å². The zero-order valence-electron chi connectivity index (χ0n) is 13.8. The first-order valence-corrected chi connectivity index (χ1v) is 8.16. The molecule has 0 aliphatic rings. The lowest BCUT2D eigenvalue weighted by molar-refractivity contribution is -0.132. The maximum Gasteiger partial charge on any atom is 0.239 e. The second-order valence-electron chi connectivity index (χ2n) is 5.81. The van der Waals surface area contributed by atoms with Crippen LogP contribution < -0.4 is 5.32 Å². The van der Waals surface area contributed by atoms with Crippen molar-refractivity contribution in [3.8, 4) is 0 Å². The molecule has 1 N–H and O–H groups in total. The molecule has 0 saturated carbocycles. The van der Waals surface area contributed by atoms with Crippen LogP contribution in [0.1, 0.15) is 31.0 Å². The van der Waals surface area contributed by atoms with E-state index in [2.05, 4.69) is 5.32 Å². The van der Waals surface area contributed by atoms with Gasteiger partial charge < -0.3 is 4.90 Å². The predicted molar refractivity (Wildman–Crippen MR) is 95.4 cm³/mol. The van der Waals surface area contributed by atoms with Crippen LogP contribution >= 0.6 is 11.6 Å². The van der Waals surface area contributed by atoms with Gasteiger partial charge in [0, 0.05) is 24.7 Å². The van der Waals surface area contributed by atoms with E-state index in [9.17, 15) is 4.79 Å². The maximum absolute atomic E-state index is 12.5. The van der Waals surface area contributed by atoms with E-state index < -0.39 is 0 Å². The van der Waals surface area contributed by atoms with E-state index in [1.807, 2.05) is 75.5 Å². The third-order valence-corrected chi connectivity index (χ3v) is 4.23. The van der Waals surface area contributed by atoms with Crippen LogP contribution in [-0.4, -0.2) is 23.9 Å². The average molecular weight is 331 g/mol. The van der Waals surface area contributed by atoms with Gasteiger partial charge in [-0.2, -0.15) is 0 Å². The smallest absolute Gasteiger partial charge is 0.239 e. The average Bonchev–Trinajstić information content (AvgIpc) is 2.55. The minimum absolute atomic E-state index is 0.00720. The Morgan fingerprint density at radius 2 is 1.70 bits per heavy atom. The lowest BCUT2D eigenvalue weighted by Gasteiger charge is -2.25. The summed E-state index contributed by atoms with van der Waals surface area (Å²) in [7, 11) is 1.83. The van der Waals surface area contributed by atoms with Crippen molar-refractivity contribution in [2.24, 2.45) is 0 Å². The lowest BCUT2D eigenvalue weighted by Crippen LogP contribution is -2.43. The molecule has 122 valence electrons. The number of carbonyl (C=O) groups is 1. The van der Waals surface area contributed by atoms with Gasteiger partial charge in [0.15, 0.2) is 0 Å². The number of hydrogen-bond donors (Lipinski definition) is 1. The molecule has 3 nitrogen and oxygen atoms in total. The van der Waals surface area contributed by atoms with Crippen molar-refractivity contribution in [3.63, 3.8) is 0 Å². The van der Waals surface area contributed by atoms with Crippen LogP contribution in [0.15, 0.2) is 54.6 Å². The highest BCUT2D eigenvalue weighted by Gasteiger charge is 2.20. The Hall–Kier alpha value is -1.84. The molecule has 0 aromatic heterocycles. The second-order valence-corrected chi connectivity index (χ2v) is 6.22. The maximum atomic E-state index is 12.5. The summed E-state index contributed by atoms with van der Waals surface area (Å²) in [5.74, 6) is 0.0627. The zero-order valence-corrected chi connectivity index (χ0v) is 14.5. The SMILES string of the molecule is CC(NC(C)c1ccccc1Cl)C(=O)N(C)Cc1ccccc1. The van der Waals surface area contributed by atoms with Crippen LogP contribution in [0.25, 0.3) is 0 Å². The molecule has 0 bridgehead atoms. The molecular formula is C19H23ClN2O. The lowest BCUT2D eigenvalue weighted by atomic mass is 10.1. The second kappa shape index (κ2) is 8.14. The Balaban J connectivity index is 1.95. The molecule has 4 heteroatoms. The van der Waals surface area contributed by atoms with E-state index in [-0.39, 0.29) is 18.0 Å². The normalized spacial score (nSPS) is 13.4. The first-order chi connectivity index (χ1) is 11.0. The Morgan fingerprint density at radius 1 is 1.09 bits per heavy atom. The summed E-state index contributed by atoms with van der Waals surface area (Å²) in [6.45, 7) is 4.51. The number of rotatable bonds is 6. The molecule has 1 amide bonds. The van der Waals surface area contributed by atoms with Crippen LogP contribution in [0.2, 0.25) is 5.02 Å². The van der Waals surface area contributed by atoms with Crippen molar-refractivity contribution >= 4 is 17.5 Å².